The van der Waals surface area contributed by atoms with Crippen LogP contribution < -0.4 is 5.32 Å². The largest absolute Gasteiger partial charge is 0.456 e. The standard InChI is InChI=1S/C13H29NO2Si2/c1-12(2)13(15)14-10-8-9-11-18(6,7)16-17(3,4)5/h1,8-11H2,2-7H3,(H,14,15). The van der Waals surface area contributed by atoms with Gasteiger partial charge in [-0.15, -0.1) is 0 Å². The first-order valence-electron chi connectivity index (χ1n) is 6.67. The van der Waals surface area contributed by atoms with Crippen LogP contribution in [0, 0.1) is 0 Å². The van der Waals surface area contributed by atoms with E-state index in [1.54, 1.807) is 6.92 Å². The molecule has 1 N–H and O–H groups in total. The van der Waals surface area contributed by atoms with Gasteiger partial charge < -0.3 is 9.43 Å². The SMILES string of the molecule is C=C(C)C(=O)NCCCC[Si](C)(C)O[Si](C)(C)C. The average Bonchev–Trinajstić information content (AvgIpc) is 2.12. The van der Waals surface area contributed by atoms with Crippen LogP contribution in [0.3, 0.4) is 0 Å². The van der Waals surface area contributed by atoms with Gasteiger partial charge in [0.2, 0.25) is 5.91 Å². The first-order valence-corrected chi connectivity index (χ1v) is 13.2. The van der Waals surface area contributed by atoms with E-state index in [9.17, 15) is 4.79 Å². The van der Waals surface area contributed by atoms with Crippen LogP contribution in [0.5, 0.6) is 0 Å². The van der Waals surface area contributed by atoms with Crippen molar-refractivity contribution in [2.24, 2.45) is 0 Å². The predicted octanol–water partition coefficient (Wildman–Crippen LogP) is 3.52. The minimum Gasteiger partial charge on any atom is -0.456 e. The molecule has 3 nitrogen and oxygen atoms in total. The maximum Gasteiger partial charge on any atom is 0.246 e. The summed E-state index contributed by atoms with van der Waals surface area (Å²) < 4.78 is 6.27. The second kappa shape index (κ2) is 7.26. The zero-order chi connectivity index (χ0) is 14.4. The number of nitrogens with one attached hydrogen (secondary N) is 1. The maximum atomic E-state index is 11.3. The van der Waals surface area contributed by atoms with Gasteiger partial charge in [0.25, 0.3) is 0 Å². The van der Waals surface area contributed by atoms with E-state index in [0.29, 0.717) is 5.57 Å². The third-order valence-electron chi connectivity index (χ3n) is 2.46. The highest BCUT2D eigenvalue weighted by Gasteiger charge is 2.28. The van der Waals surface area contributed by atoms with E-state index in [-0.39, 0.29) is 5.91 Å². The number of hydrogen-bond donors (Lipinski definition) is 1. The fourth-order valence-electron chi connectivity index (χ4n) is 1.91. The molecule has 0 aliphatic rings. The van der Waals surface area contributed by atoms with Gasteiger partial charge in [-0.05, 0) is 52.1 Å². The number of carbonyl (C=O) groups excluding carboxylic acids is 1. The molecule has 0 rings (SSSR count). The lowest BCUT2D eigenvalue weighted by Crippen LogP contribution is -2.42. The smallest absolute Gasteiger partial charge is 0.246 e. The van der Waals surface area contributed by atoms with Gasteiger partial charge in [0.05, 0.1) is 0 Å². The lowest BCUT2D eigenvalue weighted by Gasteiger charge is -2.31. The summed E-state index contributed by atoms with van der Waals surface area (Å²) in [5.41, 5.74) is 0.576. The Morgan fingerprint density at radius 2 is 1.72 bits per heavy atom. The van der Waals surface area contributed by atoms with Gasteiger partial charge in [0, 0.05) is 12.1 Å². The molecule has 0 bridgehead atoms. The van der Waals surface area contributed by atoms with Gasteiger partial charge in [-0.1, -0.05) is 13.0 Å². The number of rotatable bonds is 8. The van der Waals surface area contributed by atoms with Gasteiger partial charge in [0.15, 0.2) is 16.6 Å². The van der Waals surface area contributed by atoms with Crippen LogP contribution in [0.25, 0.3) is 0 Å². The predicted molar refractivity (Wildman–Crippen MR) is 83.8 cm³/mol. The molecule has 0 unspecified atom stereocenters. The molecule has 18 heavy (non-hydrogen) atoms. The van der Waals surface area contributed by atoms with Crippen molar-refractivity contribution in [1.29, 1.82) is 0 Å². The molecule has 0 aliphatic carbocycles. The Morgan fingerprint density at radius 1 is 1.17 bits per heavy atom. The Balaban J connectivity index is 3.78. The van der Waals surface area contributed by atoms with Crippen molar-refractivity contribution in [2.45, 2.75) is 58.5 Å². The van der Waals surface area contributed by atoms with E-state index in [1.165, 1.54) is 6.04 Å². The normalized spacial score (nSPS) is 12.3. The zero-order valence-corrected chi connectivity index (χ0v) is 14.9. The van der Waals surface area contributed by atoms with E-state index in [4.69, 9.17) is 4.12 Å². The molecule has 0 saturated heterocycles. The summed E-state index contributed by atoms with van der Waals surface area (Å²) in [6.07, 6.45) is 2.14. The molecule has 0 aromatic rings. The molecule has 5 heteroatoms. The number of unbranched alkanes of at least 4 members (excludes halogenated alkanes) is 1. The Labute approximate surface area is 114 Å². The first kappa shape index (κ1) is 17.6. The third-order valence-corrected chi connectivity index (χ3v) is 8.68. The zero-order valence-electron chi connectivity index (χ0n) is 12.9. The summed E-state index contributed by atoms with van der Waals surface area (Å²) in [6, 6.07) is 1.17. The Bertz CT molecular complexity index is 296. The molecule has 0 radical (unpaired) electrons. The van der Waals surface area contributed by atoms with Crippen molar-refractivity contribution >= 4 is 22.5 Å². The highest BCUT2D eigenvalue weighted by Crippen LogP contribution is 2.20. The Morgan fingerprint density at radius 3 is 2.17 bits per heavy atom. The molecule has 0 saturated carbocycles. The Hall–Kier alpha value is -0.396. The number of hydrogen-bond acceptors (Lipinski definition) is 2. The van der Waals surface area contributed by atoms with Gasteiger partial charge in [-0.3, -0.25) is 4.79 Å². The van der Waals surface area contributed by atoms with Crippen LogP contribution in [-0.4, -0.2) is 29.1 Å². The number of carbonyl (C=O) groups is 1. The van der Waals surface area contributed by atoms with E-state index >= 15 is 0 Å². The van der Waals surface area contributed by atoms with Gasteiger partial charge >= 0.3 is 0 Å². The van der Waals surface area contributed by atoms with Crippen molar-refractivity contribution in [3.63, 3.8) is 0 Å². The van der Waals surface area contributed by atoms with Crippen molar-refractivity contribution < 1.29 is 8.91 Å². The van der Waals surface area contributed by atoms with E-state index < -0.39 is 16.6 Å². The van der Waals surface area contributed by atoms with Crippen LogP contribution in [0.15, 0.2) is 12.2 Å². The quantitative estimate of drug-likeness (QED) is 0.421. The van der Waals surface area contributed by atoms with Gasteiger partial charge in [-0.25, -0.2) is 0 Å². The van der Waals surface area contributed by atoms with E-state index in [1.807, 2.05) is 0 Å². The molecule has 0 aliphatic heterocycles. The molecule has 0 aromatic heterocycles. The molecule has 0 aromatic carbocycles. The van der Waals surface area contributed by atoms with Crippen LogP contribution in [0.2, 0.25) is 38.8 Å². The highest BCUT2D eigenvalue weighted by atomic mass is 28.4. The lowest BCUT2D eigenvalue weighted by atomic mass is 10.3. The van der Waals surface area contributed by atoms with Crippen LogP contribution in [0.4, 0.5) is 0 Å². The third kappa shape index (κ3) is 9.62. The monoisotopic (exact) mass is 287 g/mol. The second-order valence-corrected chi connectivity index (χ2v) is 15.5. The van der Waals surface area contributed by atoms with Crippen molar-refractivity contribution in [3.8, 4) is 0 Å². The second-order valence-electron chi connectivity index (χ2n) is 6.47. The lowest BCUT2D eigenvalue weighted by molar-refractivity contribution is -0.117. The molecule has 0 heterocycles. The maximum absolute atomic E-state index is 11.3. The molecule has 0 atom stereocenters. The fourth-order valence-corrected chi connectivity index (χ4v) is 10.0. The first-order chi connectivity index (χ1) is 8.03. The summed E-state index contributed by atoms with van der Waals surface area (Å²) in [5, 5.41) is 2.86. The van der Waals surface area contributed by atoms with Crippen LogP contribution in [0.1, 0.15) is 19.8 Å². The molecule has 0 spiro atoms. The minimum absolute atomic E-state index is 0.0372. The molecular weight excluding hydrogens is 258 g/mol. The van der Waals surface area contributed by atoms with Gasteiger partial charge in [0.1, 0.15) is 0 Å². The minimum atomic E-state index is -1.51. The molecule has 0 fully saturated rings. The number of amides is 1. The van der Waals surface area contributed by atoms with Crippen molar-refractivity contribution in [2.75, 3.05) is 6.54 Å². The van der Waals surface area contributed by atoms with Crippen LogP contribution >= 0.6 is 0 Å². The topological polar surface area (TPSA) is 38.3 Å². The van der Waals surface area contributed by atoms with E-state index in [2.05, 4.69) is 44.6 Å². The highest BCUT2D eigenvalue weighted by molar-refractivity contribution is 6.84. The average molecular weight is 288 g/mol. The van der Waals surface area contributed by atoms with Gasteiger partial charge in [-0.2, -0.15) is 0 Å². The van der Waals surface area contributed by atoms with Crippen LogP contribution in [-0.2, 0) is 8.91 Å². The fraction of sp³-hybridized carbons (Fsp3) is 0.769. The van der Waals surface area contributed by atoms with Crippen molar-refractivity contribution in [1.82, 2.24) is 5.32 Å². The Kier molecular flexibility index (Phi) is 7.10. The summed E-state index contributed by atoms with van der Waals surface area (Å²) in [6.45, 7) is 17.4. The van der Waals surface area contributed by atoms with Crippen molar-refractivity contribution in [3.05, 3.63) is 12.2 Å². The summed E-state index contributed by atoms with van der Waals surface area (Å²) in [4.78, 5) is 11.3. The molecule has 1 amide bonds. The summed E-state index contributed by atoms with van der Waals surface area (Å²) in [5.74, 6) is -0.0372. The summed E-state index contributed by atoms with van der Waals surface area (Å²) >= 11 is 0. The molecular formula is C13H29NO2Si2. The van der Waals surface area contributed by atoms with E-state index in [0.717, 1.165) is 19.4 Å². The molecule has 106 valence electrons. The summed E-state index contributed by atoms with van der Waals surface area (Å²) in [7, 11) is -2.92.